The highest BCUT2D eigenvalue weighted by Gasteiger charge is 2.20. The average molecular weight is 357 g/mol. The molecule has 3 rings (SSSR count). The van der Waals surface area contributed by atoms with Crippen molar-refractivity contribution in [2.45, 2.75) is 20.4 Å². The Labute approximate surface area is 148 Å². The van der Waals surface area contributed by atoms with E-state index in [2.05, 4.69) is 20.3 Å². The molecule has 130 valence electrons. The number of H-pyrrole nitrogens is 1. The number of anilines is 1. The van der Waals surface area contributed by atoms with Crippen molar-refractivity contribution < 1.29 is 4.79 Å². The smallest absolute Gasteiger partial charge is 0.267 e. The van der Waals surface area contributed by atoms with Crippen LogP contribution >= 0.6 is 11.3 Å². The standard InChI is InChI=1S/C17H19N5O2S/c1-9-6-5-7-18-14(9)21-16(24)13-10(2)12-15(23)19-11(8-22(3)4)20-17(12)25-13/h5-7H,8H2,1-4H3,(H,18,21,24)(H,19,20,23). The molecule has 8 heteroatoms. The van der Waals surface area contributed by atoms with Crippen molar-refractivity contribution in [2.75, 3.05) is 19.4 Å². The van der Waals surface area contributed by atoms with E-state index in [-0.39, 0.29) is 11.5 Å². The van der Waals surface area contributed by atoms with Gasteiger partial charge in [-0.1, -0.05) is 6.07 Å². The number of thiophene rings is 1. The third-order valence-corrected chi connectivity index (χ3v) is 4.95. The Morgan fingerprint density at radius 3 is 2.80 bits per heavy atom. The van der Waals surface area contributed by atoms with Gasteiger partial charge in [0.1, 0.15) is 16.5 Å². The molecule has 0 aliphatic rings. The highest BCUT2D eigenvalue weighted by molar-refractivity contribution is 7.20. The van der Waals surface area contributed by atoms with E-state index in [1.54, 1.807) is 13.1 Å². The minimum atomic E-state index is -0.282. The number of aromatic nitrogens is 3. The van der Waals surface area contributed by atoms with Crippen molar-refractivity contribution >= 4 is 33.3 Å². The molecular formula is C17H19N5O2S. The first-order chi connectivity index (χ1) is 11.9. The van der Waals surface area contributed by atoms with E-state index in [1.807, 2.05) is 38.1 Å². The number of rotatable bonds is 4. The van der Waals surface area contributed by atoms with Crippen molar-refractivity contribution in [2.24, 2.45) is 0 Å². The van der Waals surface area contributed by atoms with Crippen molar-refractivity contribution in [1.29, 1.82) is 0 Å². The summed E-state index contributed by atoms with van der Waals surface area (Å²) in [6.07, 6.45) is 1.63. The molecule has 2 N–H and O–H groups in total. The van der Waals surface area contributed by atoms with Gasteiger partial charge in [-0.2, -0.15) is 0 Å². The van der Waals surface area contributed by atoms with Crippen LogP contribution in [0.15, 0.2) is 23.1 Å². The first-order valence-electron chi connectivity index (χ1n) is 7.77. The van der Waals surface area contributed by atoms with Crippen LogP contribution in [0.25, 0.3) is 10.2 Å². The van der Waals surface area contributed by atoms with Crippen LogP contribution in [-0.2, 0) is 6.54 Å². The second-order valence-electron chi connectivity index (χ2n) is 6.11. The monoisotopic (exact) mass is 357 g/mol. The summed E-state index contributed by atoms with van der Waals surface area (Å²) in [6, 6.07) is 3.69. The van der Waals surface area contributed by atoms with Gasteiger partial charge in [0.25, 0.3) is 11.5 Å². The van der Waals surface area contributed by atoms with Crippen LogP contribution in [0, 0.1) is 13.8 Å². The molecule has 0 radical (unpaired) electrons. The molecule has 0 fully saturated rings. The van der Waals surface area contributed by atoms with Crippen molar-refractivity contribution in [3.63, 3.8) is 0 Å². The van der Waals surface area contributed by atoms with E-state index in [0.717, 1.165) is 5.56 Å². The molecule has 0 bridgehead atoms. The third-order valence-electron chi connectivity index (χ3n) is 3.76. The highest BCUT2D eigenvalue weighted by Crippen LogP contribution is 2.28. The lowest BCUT2D eigenvalue weighted by atomic mass is 10.2. The molecule has 0 saturated heterocycles. The molecule has 25 heavy (non-hydrogen) atoms. The second kappa shape index (κ2) is 6.73. The van der Waals surface area contributed by atoms with Crippen LogP contribution < -0.4 is 10.9 Å². The molecule has 3 aromatic rings. The van der Waals surface area contributed by atoms with E-state index in [1.165, 1.54) is 11.3 Å². The van der Waals surface area contributed by atoms with Gasteiger partial charge in [-0.05, 0) is 45.1 Å². The number of nitrogens with zero attached hydrogens (tertiary/aromatic N) is 3. The molecule has 0 aromatic carbocycles. The minimum absolute atomic E-state index is 0.219. The van der Waals surface area contributed by atoms with Crippen molar-refractivity contribution in [3.05, 3.63) is 50.5 Å². The number of hydrogen-bond acceptors (Lipinski definition) is 6. The number of nitrogens with one attached hydrogen (secondary N) is 2. The molecular weight excluding hydrogens is 338 g/mol. The summed E-state index contributed by atoms with van der Waals surface area (Å²) in [5.74, 6) is 0.812. The van der Waals surface area contributed by atoms with Gasteiger partial charge in [0.05, 0.1) is 16.8 Å². The Balaban J connectivity index is 2.01. The summed E-state index contributed by atoms with van der Waals surface area (Å²) in [7, 11) is 3.80. The van der Waals surface area contributed by atoms with Crippen LogP contribution in [0.5, 0.6) is 0 Å². The molecule has 0 atom stereocenters. The van der Waals surface area contributed by atoms with E-state index >= 15 is 0 Å². The average Bonchev–Trinajstić information content (AvgIpc) is 2.86. The number of aromatic amines is 1. The quantitative estimate of drug-likeness (QED) is 0.748. The van der Waals surface area contributed by atoms with Crippen molar-refractivity contribution in [1.82, 2.24) is 19.9 Å². The zero-order valence-electron chi connectivity index (χ0n) is 14.5. The summed E-state index contributed by atoms with van der Waals surface area (Å²) < 4.78 is 0. The first kappa shape index (κ1) is 17.2. The number of pyridine rings is 1. The first-order valence-corrected chi connectivity index (χ1v) is 8.58. The van der Waals surface area contributed by atoms with E-state index < -0.39 is 0 Å². The molecule has 0 unspecified atom stereocenters. The maximum Gasteiger partial charge on any atom is 0.267 e. The lowest BCUT2D eigenvalue weighted by Gasteiger charge is -2.07. The Bertz CT molecular complexity index is 1010. The van der Waals surface area contributed by atoms with E-state index in [4.69, 9.17) is 0 Å². The normalized spacial score (nSPS) is 11.2. The van der Waals surface area contributed by atoms with Gasteiger partial charge in [-0.15, -0.1) is 11.3 Å². The number of carbonyl (C=O) groups is 1. The Kier molecular flexibility index (Phi) is 4.65. The van der Waals surface area contributed by atoms with Crippen LogP contribution in [0.4, 0.5) is 5.82 Å². The predicted octanol–water partition coefficient (Wildman–Crippen LogP) is 2.31. The fraction of sp³-hybridized carbons (Fsp3) is 0.294. The minimum Gasteiger partial charge on any atom is -0.309 e. The Hall–Kier alpha value is -2.58. The highest BCUT2D eigenvalue weighted by atomic mass is 32.1. The molecule has 0 aliphatic carbocycles. The van der Waals surface area contributed by atoms with Gasteiger partial charge < -0.3 is 15.2 Å². The molecule has 7 nitrogen and oxygen atoms in total. The van der Waals surface area contributed by atoms with Gasteiger partial charge in [-0.25, -0.2) is 9.97 Å². The molecule has 3 heterocycles. The third kappa shape index (κ3) is 3.45. The molecule has 0 spiro atoms. The number of aryl methyl sites for hydroxylation is 2. The molecule has 0 aliphatic heterocycles. The number of carbonyl (C=O) groups excluding carboxylic acids is 1. The lowest BCUT2D eigenvalue weighted by Crippen LogP contribution is -2.18. The van der Waals surface area contributed by atoms with Crippen molar-refractivity contribution in [3.8, 4) is 0 Å². The summed E-state index contributed by atoms with van der Waals surface area (Å²) in [5, 5.41) is 3.27. The largest absolute Gasteiger partial charge is 0.309 e. The number of amides is 1. The van der Waals surface area contributed by atoms with Gasteiger partial charge in [-0.3, -0.25) is 9.59 Å². The van der Waals surface area contributed by atoms with E-state index in [0.29, 0.717) is 38.8 Å². The van der Waals surface area contributed by atoms with Crippen LogP contribution in [0.1, 0.15) is 26.6 Å². The fourth-order valence-electron chi connectivity index (χ4n) is 2.56. The topological polar surface area (TPSA) is 91.0 Å². The Morgan fingerprint density at radius 1 is 1.36 bits per heavy atom. The van der Waals surface area contributed by atoms with Crippen LogP contribution in [0.3, 0.4) is 0 Å². The maximum atomic E-state index is 12.6. The molecule has 0 saturated carbocycles. The Morgan fingerprint density at radius 2 is 2.12 bits per heavy atom. The lowest BCUT2D eigenvalue weighted by molar-refractivity contribution is 0.102. The van der Waals surface area contributed by atoms with Gasteiger partial charge in [0.15, 0.2) is 0 Å². The summed E-state index contributed by atoms with van der Waals surface area (Å²) >= 11 is 1.22. The zero-order valence-corrected chi connectivity index (χ0v) is 15.3. The van der Waals surface area contributed by atoms with Gasteiger partial charge in [0, 0.05) is 6.20 Å². The van der Waals surface area contributed by atoms with Crippen LogP contribution in [-0.4, -0.2) is 39.9 Å². The maximum absolute atomic E-state index is 12.6. The predicted molar refractivity (Wildman–Crippen MR) is 99.3 cm³/mol. The SMILES string of the molecule is Cc1cccnc1NC(=O)c1sc2nc(CN(C)C)[nH]c(=O)c2c1C. The summed E-state index contributed by atoms with van der Waals surface area (Å²) in [4.78, 5) is 39.5. The number of hydrogen-bond donors (Lipinski definition) is 2. The second-order valence-corrected chi connectivity index (χ2v) is 7.11. The van der Waals surface area contributed by atoms with E-state index in [9.17, 15) is 9.59 Å². The van der Waals surface area contributed by atoms with Crippen LogP contribution in [0.2, 0.25) is 0 Å². The summed E-state index contributed by atoms with van der Waals surface area (Å²) in [6.45, 7) is 4.17. The zero-order chi connectivity index (χ0) is 18.1. The molecule has 1 amide bonds. The number of fused-ring (bicyclic) bond motifs is 1. The molecule has 3 aromatic heterocycles. The van der Waals surface area contributed by atoms with Gasteiger partial charge in [0.2, 0.25) is 0 Å². The fourth-order valence-corrected chi connectivity index (χ4v) is 3.66. The van der Waals surface area contributed by atoms with Gasteiger partial charge >= 0.3 is 0 Å². The summed E-state index contributed by atoms with van der Waals surface area (Å²) in [5.41, 5.74) is 1.29.